The predicted octanol–water partition coefficient (Wildman–Crippen LogP) is 1.26. The van der Waals surface area contributed by atoms with E-state index in [1.807, 2.05) is 19.0 Å². The summed E-state index contributed by atoms with van der Waals surface area (Å²) < 4.78 is 4.98. The summed E-state index contributed by atoms with van der Waals surface area (Å²) in [6.07, 6.45) is 2.52. The first-order valence-electron chi connectivity index (χ1n) is 5.94. The lowest BCUT2D eigenvalue weighted by atomic mass is 10.2. The number of anilines is 1. The third-order valence-corrected chi connectivity index (χ3v) is 2.63. The Morgan fingerprint density at radius 2 is 2.11 bits per heavy atom. The Kier molecular flexibility index (Phi) is 5.58. The van der Waals surface area contributed by atoms with Gasteiger partial charge in [-0.2, -0.15) is 0 Å². The Balaban J connectivity index is 2.77. The number of ether oxygens (including phenoxy) is 1. The third-order valence-electron chi connectivity index (χ3n) is 2.63. The second-order valence-electron chi connectivity index (χ2n) is 4.34. The van der Waals surface area contributed by atoms with E-state index in [4.69, 9.17) is 4.74 Å². The van der Waals surface area contributed by atoms with Gasteiger partial charge in [-0.15, -0.1) is 0 Å². The van der Waals surface area contributed by atoms with Gasteiger partial charge in [0, 0.05) is 47.6 Å². The van der Waals surface area contributed by atoms with E-state index in [1.165, 1.54) is 0 Å². The van der Waals surface area contributed by atoms with Crippen LogP contribution >= 0.6 is 0 Å². The average Bonchev–Trinajstić information content (AvgIpc) is 2.38. The predicted molar refractivity (Wildman–Crippen MR) is 72.0 cm³/mol. The molecule has 100 valence electrons. The topological polar surface area (TPSA) is 45.7 Å². The molecule has 0 bridgehead atoms. The van der Waals surface area contributed by atoms with E-state index in [9.17, 15) is 4.79 Å². The number of hydrogen-bond acceptors (Lipinski definition) is 4. The molecule has 18 heavy (non-hydrogen) atoms. The second-order valence-corrected chi connectivity index (χ2v) is 4.34. The summed E-state index contributed by atoms with van der Waals surface area (Å²) in [6, 6.07) is 3.58. The first-order valence-corrected chi connectivity index (χ1v) is 5.94. The maximum Gasteiger partial charge on any atom is 0.257 e. The standard InChI is InChI=1S/C13H21N3O2/c1-15(2)12-11(7-5-8-14-12)13(17)16(3)9-6-10-18-4/h5,7-8H,6,9-10H2,1-4H3. The summed E-state index contributed by atoms with van der Waals surface area (Å²) >= 11 is 0. The summed E-state index contributed by atoms with van der Waals surface area (Å²) in [5, 5.41) is 0. The molecule has 5 heteroatoms. The number of aromatic nitrogens is 1. The van der Waals surface area contributed by atoms with Gasteiger partial charge in [-0.1, -0.05) is 0 Å². The van der Waals surface area contributed by atoms with Crippen molar-refractivity contribution >= 4 is 11.7 Å². The second kappa shape index (κ2) is 6.96. The van der Waals surface area contributed by atoms with Crippen LogP contribution in [-0.4, -0.2) is 57.2 Å². The molecule has 0 aromatic carbocycles. The van der Waals surface area contributed by atoms with Crippen LogP contribution in [-0.2, 0) is 4.74 Å². The van der Waals surface area contributed by atoms with Crippen LogP contribution < -0.4 is 4.90 Å². The zero-order valence-electron chi connectivity index (χ0n) is 11.5. The highest BCUT2D eigenvalue weighted by Crippen LogP contribution is 2.16. The molecule has 1 heterocycles. The zero-order valence-corrected chi connectivity index (χ0v) is 11.5. The van der Waals surface area contributed by atoms with Gasteiger partial charge in [0.15, 0.2) is 0 Å². The lowest BCUT2D eigenvalue weighted by Gasteiger charge is -2.20. The van der Waals surface area contributed by atoms with E-state index in [0.717, 1.165) is 6.42 Å². The lowest BCUT2D eigenvalue weighted by Crippen LogP contribution is -2.30. The quantitative estimate of drug-likeness (QED) is 0.714. The van der Waals surface area contributed by atoms with Crippen molar-refractivity contribution in [2.75, 3.05) is 46.3 Å². The van der Waals surface area contributed by atoms with Crippen molar-refractivity contribution in [1.29, 1.82) is 0 Å². The molecule has 1 aromatic heterocycles. The highest BCUT2D eigenvalue weighted by molar-refractivity contribution is 5.98. The molecular weight excluding hydrogens is 230 g/mol. The summed E-state index contributed by atoms with van der Waals surface area (Å²) in [5.74, 6) is 0.684. The fraction of sp³-hybridized carbons (Fsp3) is 0.538. The van der Waals surface area contributed by atoms with E-state index in [1.54, 1.807) is 37.4 Å². The van der Waals surface area contributed by atoms with E-state index in [2.05, 4.69) is 4.98 Å². The lowest BCUT2D eigenvalue weighted by molar-refractivity contribution is 0.0779. The van der Waals surface area contributed by atoms with Gasteiger partial charge in [0.05, 0.1) is 5.56 Å². The van der Waals surface area contributed by atoms with Crippen molar-refractivity contribution < 1.29 is 9.53 Å². The van der Waals surface area contributed by atoms with Gasteiger partial charge in [-0.3, -0.25) is 4.79 Å². The van der Waals surface area contributed by atoms with Gasteiger partial charge in [-0.05, 0) is 18.6 Å². The molecule has 0 unspecified atom stereocenters. The average molecular weight is 251 g/mol. The molecule has 1 aromatic rings. The van der Waals surface area contributed by atoms with Crippen LogP contribution in [0.25, 0.3) is 0 Å². The fourth-order valence-corrected chi connectivity index (χ4v) is 1.67. The number of carbonyl (C=O) groups is 1. The van der Waals surface area contributed by atoms with Gasteiger partial charge >= 0.3 is 0 Å². The van der Waals surface area contributed by atoms with Crippen LogP contribution in [0.1, 0.15) is 16.8 Å². The number of carbonyl (C=O) groups excluding carboxylic acids is 1. The highest BCUT2D eigenvalue weighted by atomic mass is 16.5. The van der Waals surface area contributed by atoms with Crippen molar-refractivity contribution in [1.82, 2.24) is 9.88 Å². The smallest absolute Gasteiger partial charge is 0.257 e. The van der Waals surface area contributed by atoms with Crippen LogP contribution in [0.5, 0.6) is 0 Å². The molecule has 5 nitrogen and oxygen atoms in total. The Hall–Kier alpha value is -1.62. The number of rotatable bonds is 6. The molecule has 0 radical (unpaired) electrons. The molecule has 0 aliphatic rings. The van der Waals surface area contributed by atoms with Crippen molar-refractivity contribution in [3.05, 3.63) is 23.9 Å². The normalized spacial score (nSPS) is 10.2. The SMILES string of the molecule is COCCCN(C)C(=O)c1cccnc1N(C)C. The molecule has 0 fully saturated rings. The Bertz CT molecular complexity index is 394. The van der Waals surface area contributed by atoms with E-state index in [0.29, 0.717) is 24.5 Å². The van der Waals surface area contributed by atoms with Crippen molar-refractivity contribution in [3.63, 3.8) is 0 Å². The first kappa shape index (κ1) is 14.4. The van der Waals surface area contributed by atoms with Crippen LogP contribution in [0, 0.1) is 0 Å². The monoisotopic (exact) mass is 251 g/mol. The molecule has 0 spiro atoms. The third kappa shape index (κ3) is 3.70. The number of nitrogens with zero attached hydrogens (tertiary/aromatic N) is 3. The van der Waals surface area contributed by atoms with Gasteiger partial charge in [-0.25, -0.2) is 4.98 Å². The fourth-order valence-electron chi connectivity index (χ4n) is 1.67. The minimum Gasteiger partial charge on any atom is -0.385 e. The number of hydrogen-bond donors (Lipinski definition) is 0. The summed E-state index contributed by atoms with van der Waals surface area (Å²) in [5.41, 5.74) is 0.627. The van der Waals surface area contributed by atoms with Crippen molar-refractivity contribution in [2.45, 2.75) is 6.42 Å². The van der Waals surface area contributed by atoms with Crippen LogP contribution in [0.3, 0.4) is 0 Å². The molecule has 0 N–H and O–H groups in total. The highest BCUT2D eigenvalue weighted by Gasteiger charge is 2.17. The number of methoxy groups -OCH3 is 1. The van der Waals surface area contributed by atoms with Crippen molar-refractivity contribution in [2.24, 2.45) is 0 Å². The van der Waals surface area contributed by atoms with Crippen LogP contribution in [0.15, 0.2) is 18.3 Å². The van der Waals surface area contributed by atoms with Crippen LogP contribution in [0.4, 0.5) is 5.82 Å². The first-order chi connectivity index (χ1) is 8.57. The van der Waals surface area contributed by atoms with Gasteiger partial charge in [0.25, 0.3) is 5.91 Å². The van der Waals surface area contributed by atoms with E-state index >= 15 is 0 Å². The molecule has 0 aliphatic heterocycles. The number of amides is 1. The van der Waals surface area contributed by atoms with E-state index < -0.39 is 0 Å². The van der Waals surface area contributed by atoms with Gasteiger partial charge in [0.2, 0.25) is 0 Å². The summed E-state index contributed by atoms with van der Waals surface area (Å²) in [4.78, 5) is 20.1. The summed E-state index contributed by atoms with van der Waals surface area (Å²) in [6.45, 7) is 1.33. The maximum absolute atomic E-state index is 12.3. The molecular formula is C13H21N3O2. The molecule has 0 saturated carbocycles. The minimum atomic E-state index is -0.0112. The Labute approximate surface area is 108 Å². The molecule has 0 saturated heterocycles. The Morgan fingerprint density at radius 3 is 2.72 bits per heavy atom. The van der Waals surface area contributed by atoms with Crippen LogP contribution in [0.2, 0.25) is 0 Å². The zero-order chi connectivity index (χ0) is 13.5. The van der Waals surface area contributed by atoms with Gasteiger partial charge in [0.1, 0.15) is 5.82 Å². The molecule has 1 rings (SSSR count). The van der Waals surface area contributed by atoms with Crippen molar-refractivity contribution in [3.8, 4) is 0 Å². The largest absolute Gasteiger partial charge is 0.385 e. The summed E-state index contributed by atoms with van der Waals surface area (Å²) in [7, 11) is 7.21. The minimum absolute atomic E-state index is 0.0112. The molecule has 1 amide bonds. The van der Waals surface area contributed by atoms with Gasteiger partial charge < -0.3 is 14.5 Å². The molecule has 0 atom stereocenters. The number of pyridine rings is 1. The molecule has 0 aliphatic carbocycles. The van der Waals surface area contributed by atoms with E-state index in [-0.39, 0.29) is 5.91 Å². The maximum atomic E-state index is 12.3. The Morgan fingerprint density at radius 1 is 1.39 bits per heavy atom.